The molecule has 0 bridgehead atoms. The Bertz CT molecular complexity index is 1090. The molecule has 2 rings (SSSR count). The third-order valence-electron chi connectivity index (χ3n) is 3.99. The summed E-state index contributed by atoms with van der Waals surface area (Å²) in [6, 6.07) is 2.78. The van der Waals surface area contributed by atoms with E-state index in [0.29, 0.717) is 17.6 Å². The predicted octanol–water partition coefficient (Wildman–Crippen LogP) is 5.61. The zero-order valence-electron chi connectivity index (χ0n) is 17.0. The smallest absolute Gasteiger partial charge is 0.405 e. The van der Waals surface area contributed by atoms with Crippen LogP contribution in [0.3, 0.4) is 0 Å². The van der Waals surface area contributed by atoms with Gasteiger partial charge in [0.15, 0.2) is 0 Å². The standard InChI is InChI=1S/C18H22BrF2O7PS2/c1-4-27-29(23,28-5-2)18(20,21)17-15(19)13-9-12(11-22)10-14(16(13)30-17)26-7-6-8-31(3,24)25/h9-11H,4-8H2,1-3H3. The van der Waals surface area contributed by atoms with Crippen molar-refractivity contribution >= 4 is 61.1 Å². The number of alkyl halides is 2. The number of thiophene rings is 1. The summed E-state index contributed by atoms with van der Waals surface area (Å²) >= 11 is 3.77. The summed E-state index contributed by atoms with van der Waals surface area (Å²) in [6.07, 6.45) is 1.82. The van der Waals surface area contributed by atoms with Crippen LogP contribution in [0.4, 0.5) is 8.78 Å². The maximum absolute atomic E-state index is 15.3. The van der Waals surface area contributed by atoms with Crippen LogP contribution in [0.25, 0.3) is 10.1 Å². The topological polar surface area (TPSA) is 96.0 Å². The van der Waals surface area contributed by atoms with Crippen LogP contribution in [-0.2, 0) is 29.1 Å². The minimum Gasteiger partial charge on any atom is -0.492 e. The molecule has 2 aromatic rings. The van der Waals surface area contributed by atoms with Gasteiger partial charge < -0.3 is 13.8 Å². The molecule has 0 fully saturated rings. The van der Waals surface area contributed by atoms with Crippen LogP contribution >= 0.6 is 34.9 Å². The van der Waals surface area contributed by atoms with Crippen molar-refractivity contribution in [2.45, 2.75) is 25.9 Å². The summed E-state index contributed by atoms with van der Waals surface area (Å²) in [5.74, 6) is 0.0378. The SMILES string of the molecule is CCOP(=O)(OCC)C(F)(F)c1sc2c(OCCCS(C)(=O)=O)cc(C=O)cc2c1Br. The van der Waals surface area contributed by atoms with Gasteiger partial charge in [-0.25, -0.2) is 8.42 Å². The molecule has 1 heterocycles. The second-order valence-corrected chi connectivity index (χ2v) is 12.6. The number of halogens is 3. The Hall–Kier alpha value is -0.910. The average molecular weight is 563 g/mol. The lowest BCUT2D eigenvalue weighted by molar-refractivity contribution is 0.0387. The third kappa shape index (κ3) is 5.91. The van der Waals surface area contributed by atoms with Crippen LogP contribution in [0.5, 0.6) is 5.75 Å². The van der Waals surface area contributed by atoms with Gasteiger partial charge in [-0.2, -0.15) is 8.78 Å². The highest BCUT2D eigenvalue weighted by Gasteiger charge is 2.57. The normalized spacial score (nSPS) is 13.0. The van der Waals surface area contributed by atoms with Crippen LogP contribution in [0.15, 0.2) is 16.6 Å². The van der Waals surface area contributed by atoms with Crippen LogP contribution in [0.2, 0.25) is 0 Å². The molecule has 0 aliphatic carbocycles. The number of hydrogen-bond donors (Lipinski definition) is 0. The highest BCUT2D eigenvalue weighted by atomic mass is 79.9. The number of benzene rings is 1. The number of aldehydes is 1. The Morgan fingerprint density at radius 3 is 2.35 bits per heavy atom. The Morgan fingerprint density at radius 1 is 1.23 bits per heavy atom. The summed E-state index contributed by atoms with van der Waals surface area (Å²) < 4.78 is 81.6. The molecule has 174 valence electrons. The minimum absolute atomic E-state index is 0.00209. The van der Waals surface area contributed by atoms with Gasteiger partial charge in [-0.1, -0.05) is 0 Å². The molecule has 0 saturated carbocycles. The minimum atomic E-state index is -4.83. The summed E-state index contributed by atoms with van der Waals surface area (Å²) in [4.78, 5) is 10.7. The van der Waals surface area contributed by atoms with Crippen molar-refractivity contribution in [1.82, 2.24) is 0 Å². The molecule has 1 aromatic heterocycles. The van der Waals surface area contributed by atoms with E-state index in [9.17, 15) is 17.8 Å². The van der Waals surface area contributed by atoms with E-state index < -0.39 is 28.0 Å². The van der Waals surface area contributed by atoms with Crippen molar-refractivity contribution in [3.63, 3.8) is 0 Å². The summed E-state index contributed by atoms with van der Waals surface area (Å²) in [5.41, 5.74) is -3.78. The molecule has 0 radical (unpaired) electrons. The van der Waals surface area contributed by atoms with Gasteiger partial charge in [0, 0.05) is 21.7 Å². The monoisotopic (exact) mass is 562 g/mol. The van der Waals surface area contributed by atoms with E-state index in [0.717, 1.165) is 6.26 Å². The molecule has 0 amide bonds. The second-order valence-electron chi connectivity index (χ2n) is 6.46. The van der Waals surface area contributed by atoms with Gasteiger partial charge in [0.05, 0.1) is 30.3 Å². The molecule has 0 aliphatic heterocycles. The Kier molecular flexibility index (Phi) is 8.80. The first kappa shape index (κ1) is 26.3. The van der Waals surface area contributed by atoms with E-state index in [4.69, 9.17) is 13.8 Å². The molecule has 13 heteroatoms. The quantitative estimate of drug-likeness (QED) is 0.188. The fourth-order valence-electron chi connectivity index (χ4n) is 2.70. The van der Waals surface area contributed by atoms with Crippen LogP contribution < -0.4 is 4.74 Å². The van der Waals surface area contributed by atoms with Gasteiger partial charge in [-0.15, -0.1) is 11.3 Å². The van der Waals surface area contributed by atoms with E-state index in [2.05, 4.69) is 15.9 Å². The molecule has 0 saturated heterocycles. The first-order chi connectivity index (χ1) is 14.4. The molecule has 7 nitrogen and oxygen atoms in total. The van der Waals surface area contributed by atoms with Crippen LogP contribution in [0, 0.1) is 0 Å². The van der Waals surface area contributed by atoms with Crippen molar-refractivity contribution < 1.29 is 40.3 Å². The van der Waals surface area contributed by atoms with Gasteiger partial charge in [-0.3, -0.25) is 9.36 Å². The molecule has 0 atom stereocenters. The largest absolute Gasteiger partial charge is 0.492 e. The van der Waals surface area contributed by atoms with Gasteiger partial charge >= 0.3 is 13.3 Å². The average Bonchev–Trinajstić information content (AvgIpc) is 3.02. The van der Waals surface area contributed by atoms with Gasteiger partial charge in [-0.05, 0) is 48.3 Å². The maximum Gasteiger partial charge on any atom is 0.405 e. The molecule has 0 unspecified atom stereocenters. The predicted molar refractivity (Wildman–Crippen MR) is 119 cm³/mol. The molecule has 0 aliphatic rings. The lowest BCUT2D eigenvalue weighted by Gasteiger charge is -2.25. The van der Waals surface area contributed by atoms with Gasteiger partial charge in [0.1, 0.15) is 26.8 Å². The van der Waals surface area contributed by atoms with E-state index >= 15 is 8.78 Å². The first-order valence-corrected chi connectivity index (χ1v) is 14.4. The third-order valence-corrected chi connectivity index (χ3v) is 9.65. The molecular weight excluding hydrogens is 541 g/mol. The lowest BCUT2D eigenvalue weighted by atomic mass is 10.1. The van der Waals surface area contributed by atoms with E-state index in [1.807, 2.05) is 0 Å². The zero-order chi connectivity index (χ0) is 23.4. The molecule has 1 aromatic carbocycles. The number of fused-ring (bicyclic) bond motifs is 1. The van der Waals surface area contributed by atoms with E-state index in [1.165, 1.54) is 26.0 Å². The van der Waals surface area contributed by atoms with E-state index in [1.54, 1.807) is 0 Å². The number of ether oxygens (including phenoxy) is 1. The zero-order valence-corrected chi connectivity index (χ0v) is 21.1. The van der Waals surface area contributed by atoms with Crippen molar-refractivity contribution in [3.05, 3.63) is 27.0 Å². The summed E-state index contributed by atoms with van der Waals surface area (Å²) in [7, 11) is -8.02. The van der Waals surface area contributed by atoms with Crippen LogP contribution in [0.1, 0.15) is 35.5 Å². The van der Waals surface area contributed by atoms with Crippen molar-refractivity contribution in [1.29, 1.82) is 0 Å². The Balaban J connectivity index is 2.54. The van der Waals surface area contributed by atoms with Crippen molar-refractivity contribution in [3.8, 4) is 5.75 Å². The highest BCUT2D eigenvalue weighted by molar-refractivity contribution is 9.10. The lowest BCUT2D eigenvalue weighted by Crippen LogP contribution is -2.17. The van der Waals surface area contributed by atoms with Gasteiger partial charge in [0.2, 0.25) is 0 Å². The maximum atomic E-state index is 15.3. The number of sulfone groups is 1. The van der Waals surface area contributed by atoms with Crippen molar-refractivity contribution in [2.75, 3.05) is 31.8 Å². The van der Waals surface area contributed by atoms with E-state index in [-0.39, 0.29) is 57.9 Å². The number of carbonyl (C=O) groups is 1. The first-order valence-electron chi connectivity index (χ1n) is 9.19. The number of hydrogen-bond acceptors (Lipinski definition) is 8. The van der Waals surface area contributed by atoms with Gasteiger partial charge in [0.25, 0.3) is 0 Å². The molecule has 0 spiro atoms. The van der Waals surface area contributed by atoms with Crippen LogP contribution in [-0.4, -0.2) is 46.5 Å². The fourth-order valence-corrected chi connectivity index (χ4v) is 7.36. The molecule has 31 heavy (non-hydrogen) atoms. The van der Waals surface area contributed by atoms with Crippen molar-refractivity contribution in [2.24, 2.45) is 0 Å². The Labute approximate surface area is 191 Å². The number of carbonyl (C=O) groups excluding carboxylic acids is 1. The second kappa shape index (κ2) is 10.4. The Morgan fingerprint density at radius 2 is 1.84 bits per heavy atom. The number of rotatable bonds is 12. The highest BCUT2D eigenvalue weighted by Crippen LogP contribution is 2.69. The fraction of sp³-hybridized carbons (Fsp3) is 0.500. The summed E-state index contributed by atoms with van der Waals surface area (Å²) in [6.45, 7) is 2.39. The molecule has 0 N–H and O–H groups in total. The molecular formula is C18H22BrF2O7PS2. The summed E-state index contributed by atoms with van der Waals surface area (Å²) in [5, 5.41) is 0.266.